The van der Waals surface area contributed by atoms with Gasteiger partial charge in [-0.25, -0.2) is 0 Å². The fraction of sp³-hybridized carbons (Fsp3) is 0.938. The molecular formula is C16H19F5O6S. The number of ether oxygens (including phenoxy) is 2. The van der Waals surface area contributed by atoms with Crippen LogP contribution in [0.3, 0.4) is 0 Å². The van der Waals surface area contributed by atoms with E-state index in [0.717, 1.165) is 12.8 Å². The maximum Gasteiger partial charge on any atom is 0.432 e. The summed E-state index contributed by atoms with van der Waals surface area (Å²) in [4.78, 5) is 12.7. The third-order valence-corrected chi connectivity index (χ3v) is 7.93. The molecule has 4 bridgehead atoms. The molecular weight excluding hydrogens is 415 g/mol. The molecule has 28 heavy (non-hydrogen) atoms. The smallest absolute Gasteiger partial charge is 0.432 e. The number of esters is 1. The molecule has 1 saturated heterocycles. The van der Waals surface area contributed by atoms with Gasteiger partial charge in [0.05, 0.1) is 11.5 Å². The Morgan fingerprint density at radius 2 is 1.64 bits per heavy atom. The van der Waals surface area contributed by atoms with Crippen LogP contribution in [0.4, 0.5) is 22.0 Å². The van der Waals surface area contributed by atoms with Gasteiger partial charge in [0.2, 0.25) is 0 Å². The Labute approximate surface area is 157 Å². The van der Waals surface area contributed by atoms with Crippen molar-refractivity contribution in [1.82, 2.24) is 0 Å². The molecule has 4 unspecified atom stereocenters. The van der Waals surface area contributed by atoms with E-state index in [0.29, 0.717) is 0 Å². The molecule has 1 N–H and O–H groups in total. The monoisotopic (exact) mass is 434 g/mol. The second-order valence-electron chi connectivity index (χ2n) is 8.60. The number of carbonyl (C=O) groups is 1. The van der Waals surface area contributed by atoms with Gasteiger partial charge in [0.1, 0.15) is 5.60 Å². The highest BCUT2D eigenvalue weighted by Gasteiger charge is 2.74. The van der Waals surface area contributed by atoms with Crippen molar-refractivity contribution in [1.29, 1.82) is 0 Å². The van der Waals surface area contributed by atoms with E-state index in [1.807, 2.05) is 6.92 Å². The lowest BCUT2D eigenvalue weighted by atomic mass is 9.45. The van der Waals surface area contributed by atoms with Gasteiger partial charge >= 0.3 is 27.5 Å². The van der Waals surface area contributed by atoms with Gasteiger partial charge in [-0.05, 0) is 56.8 Å². The molecule has 5 rings (SSSR count). The van der Waals surface area contributed by atoms with Crippen LogP contribution < -0.4 is 0 Å². The predicted octanol–water partition coefficient (Wildman–Crippen LogP) is 2.92. The topological polar surface area (TPSA) is 93.2 Å². The van der Waals surface area contributed by atoms with Crippen LogP contribution >= 0.6 is 0 Å². The average Bonchev–Trinajstić information content (AvgIpc) is 3.19. The van der Waals surface area contributed by atoms with Gasteiger partial charge in [0.25, 0.3) is 6.10 Å². The molecule has 0 aromatic carbocycles. The first-order valence-electron chi connectivity index (χ1n) is 8.94. The molecule has 4 aliphatic carbocycles. The zero-order chi connectivity index (χ0) is 20.9. The number of alkyl halides is 5. The quantitative estimate of drug-likeness (QED) is 0.317. The van der Waals surface area contributed by atoms with Crippen LogP contribution in [0, 0.1) is 23.2 Å². The molecule has 12 heteroatoms. The third kappa shape index (κ3) is 2.63. The molecule has 0 radical (unpaired) electrons. The van der Waals surface area contributed by atoms with E-state index < -0.39 is 44.6 Å². The Kier molecular flexibility index (Phi) is 4.03. The second kappa shape index (κ2) is 5.57. The molecule has 0 aromatic rings. The largest absolute Gasteiger partial charge is 0.444 e. The minimum absolute atomic E-state index is 0.0256. The van der Waals surface area contributed by atoms with Gasteiger partial charge in [0.15, 0.2) is 0 Å². The maximum atomic E-state index is 13.8. The van der Waals surface area contributed by atoms with E-state index in [1.54, 1.807) is 0 Å². The van der Waals surface area contributed by atoms with Gasteiger partial charge in [-0.1, -0.05) is 0 Å². The number of halogens is 5. The number of hydrogen-bond acceptors (Lipinski definition) is 5. The van der Waals surface area contributed by atoms with E-state index in [9.17, 15) is 35.2 Å². The first-order valence-corrected chi connectivity index (χ1v) is 10.4. The summed E-state index contributed by atoms with van der Waals surface area (Å²) in [6, 6.07) is 0. The molecule has 6 nitrogen and oxygen atoms in total. The summed E-state index contributed by atoms with van der Waals surface area (Å²) in [5.74, 6) is -1.58. The normalized spacial score (nSPS) is 43.2. The van der Waals surface area contributed by atoms with E-state index in [1.165, 1.54) is 0 Å². The highest BCUT2D eigenvalue weighted by atomic mass is 32.2. The molecule has 1 spiro atoms. The Bertz CT molecular complexity index is 793. The second-order valence-corrected chi connectivity index (χ2v) is 10.1. The van der Waals surface area contributed by atoms with Crippen molar-refractivity contribution in [3.05, 3.63) is 0 Å². The summed E-state index contributed by atoms with van der Waals surface area (Å²) in [7, 11) is -6.45. The van der Waals surface area contributed by atoms with Crippen molar-refractivity contribution in [3.63, 3.8) is 0 Å². The van der Waals surface area contributed by atoms with Crippen molar-refractivity contribution in [3.8, 4) is 0 Å². The third-order valence-electron chi connectivity index (χ3n) is 7.03. The van der Waals surface area contributed by atoms with Crippen LogP contribution in [0.5, 0.6) is 0 Å². The molecule has 160 valence electrons. The summed E-state index contributed by atoms with van der Waals surface area (Å²) in [6.07, 6.45) is -8.16. The molecule has 0 amide bonds. The highest BCUT2D eigenvalue weighted by Crippen LogP contribution is 2.70. The van der Waals surface area contributed by atoms with E-state index in [4.69, 9.17) is 9.29 Å². The summed E-state index contributed by atoms with van der Waals surface area (Å²) in [6.45, 7) is 1.89. The minimum Gasteiger partial charge on any atom is -0.444 e. The minimum atomic E-state index is -6.45. The van der Waals surface area contributed by atoms with Gasteiger partial charge in [-0.15, -0.1) is 0 Å². The Morgan fingerprint density at radius 3 is 2.04 bits per heavy atom. The predicted molar refractivity (Wildman–Crippen MR) is 81.7 cm³/mol. The van der Waals surface area contributed by atoms with Crippen molar-refractivity contribution in [2.45, 2.75) is 68.3 Å². The van der Waals surface area contributed by atoms with Crippen LogP contribution in [0.2, 0.25) is 0 Å². The maximum absolute atomic E-state index is 13.8. The van der Waals surface area contributed by atoms with Crippen LogP contribution in [-0.2, 0) is 24.4 Å². The highest BCUT2D eigenvalue weighted by molar-refractivity contribution is 7.86. The number of carbonyl (C=O) groups excluding carboxylic acids is 1. The fourth-order valence-electron chi connectivity index (χ4n) is 6.07. The number of epoxide rings is 1. The molecule has 5 fully saturated rings. The fourth-order valence-corrected chi connectivity index (χ4v) is 6.52. The van der Waals surface area contributed by atoms with Crippen LogP contribution in [0.15, 0.2) is 0 Å². The average molecular weight is 434 g/mol. The van der Waals surface area contributed by atoms with Gasteiger partial charge < -0.3 is 9.47 Å². The lowest BCUT2D eigenvalue weighted by Crippen LogP contribution is -2.60. The van der Waals surface area contributed by atoms with E-state index in [2.05, 4.69) is 4.74 Å². The van der Waals surface area contributed by atoms with Crippen LogP contribution in [0.25, 0.3) is 0 Å². The van der Waals surface area contributed by atoms with Gasteiger partial charge in [0, 0.05) is 0 Å². The Hall–Kier alpha value is -1.01. The van der Waals surface area contributed by atoms with Crippen molar-refractivity contribution in [2.75, 3.05) is 0 Å². The lowest BCUT2D eigenvalue weighted by molar-refractivity contribution is -0.267. The SMILES string of the molecule is CC1OC12C1CC3CC2CC(C(=O)OC(C(F)(F)F)C(F)(F)S(=O)(=O)O)(C3)C1. The van der Waals surface area contributed by atoms with E-state index >= 15 is 0 Å². The van der Waals surface area contributed by atoms with Crippen LogP contribution in [-0.4, -0.2) is 48.2 Å². The van der Waals surface area contributed by atoms with Crippen molar-refractivity contribution < 1.29 is 49.2 Å². The molecule has 0 aromatic heterocycles. The molecule has 5 aliphatic rings. The standard InChI is InChI=1S/C16H19F5O6S/c1-7-14(27-7)9-2-8-3-10(14)6-13(4-8,5-9)12(22)26-11(15(17,18)19)16(20,21)28(23,24)25/h7-11H,2-6H2,1H3,(H,23,24,25). The zero-order valence-corrected chi connectivity index (χ0v) is 15.5. The zero-order valence-electron chi connectivity index (χ0n) is 14.7. The van der Waals surface area contributed by atoms with E-state index in [-0.39, 0.29) is 43.1 Å². The number of hydrogen-bond donors (Lipinski definition) is 1. The summed E-state index contributed by atoms with van der Waals surface area (Å²) >= 11 is 0. The summed E-state index contributed by atoms with van der Waals surface area (Å²) < 4.78 is 107. The summed E-state index contributed by atoms with van der Waals surface area (Å²) in [5, 5.41) is -5.71. The first-order chi connectivity index (χ1) is 12.6. The molecule has 1 aliphatic heterocycles. The van der Waals surface area contributed by atoms with Gasteiger partial charge in [-0.2, -0.15) is 30.4 Å². The summed E-state index contributed by atoms with van der Waals surface area (Å²) in [5.41, 5.74) is -1.77. The van der Waals surface area contributed by atoms with Gasteiger partial charge in [-0.3, -0.25) is 9.35 Å². The first kappa shape index (κ1) is 20.3. The Balaban J connectivity index is 1.61. The lowest BCUT2D eigenvalue weighted by Gasteiger charge is -2.58. The van der Waals surface area contributed by atoms with Crippen molar-refractivity contribution in [2.24, 2.45) is 23.2 Å². The number of rotatable bonds is 4. The molecule has 4 atom stereocenters. The molecule has 1 heterocycles. The van der Waals surface area contributed by atoms with Crippen LogP contribution in [0.1, 0.15) is 39.0 Å². The van der Waals surface area contributed by atoms with Crippen molar-refractivity contribution >= 4 is 16.1 Å². The Morgan fingerprint density at radius 1 is 1.14 bits per heavy atom. The molecule has 4 saturated carbocycles.